The van der Waals surface area contributed by atoms with Gasteiger partial charge in [-0.3, -0.25) is 4.90 Å². The maximum Gasteiger partial charge on any atom is 0.226 e. The zero-order valence-electron chi connectivity index (χ0n) is 14.9. The summed E-state index contributed by atoms with van der Waals surface area (Å²) in [6.45, 7) is 5.09. The molecule has 4 rings (SSSR count). The molecule has 0 amide bonds. The predicted molar refractivity (Wildman–Crippen MR) is 106 cm³/mol. The molecule has 2 heterocycles. The van der Waals surface area contributed by atoms with Crippen LogP contribution in [0.25, 0.3) is 11.5 Å². The van der Waals surface area contributed by atoms with Crippen LogP contribution >= 0.6 is 11.8 Å². The second kappa shape index (κ2) is 7.98. The maximum absolute atomic E-state index is 5.95. The fraction of sp³-hybridized carbons (Fsp3) is 0.286. The number of oxazole rings is 1. The number of rotatable bonds is 5. The number of aromatic nitrogens is 1. The van der Waals surface area contributed by atoms with Gasteiger partial charge in [0.05, 0.1) is 5.69 Å². The van der Waals surface area contributed by atoms with Gasteiger partial charge in [-0.25, -0.2) is 4.98 Å². The van der Waals surface area contributed by atoms with Crippen LogP contribution in [0.1, 0.15) is 11.5 Å². The summed E-state index contributed by atoms with van der Waals surface area (Å²) in [5.74, 6) is 5.54. The zero-order valence-corrected chi connectivity index (χ0v) is 15.7. The van der Waals surface area contributed by atoms with E-state index in [4.69, 9.17) is 14.1 Å². The molecule has 0 radical (unpaired) electrons. The van der Waals surface area contributed by atoms with Gasteiger partial charge in [0.2, 0.25) is 5.89 Å². The number of ether oxygens (including phenoxy) is 1. The number of hydrogen-bond donors (Lipinski definition) is 0. The molecule has 0 saturated carbocycles. The van der Waals surface area contributed by atoms with E-state index in [0.29, 0.717) is 5.89 Å². The van der Waals surface area contributed by atoms with Crippen LogP contribution in [0.3, 0.4) is 0 Å². The highest BCUT2D eigenvalue weighted by atomic mass is 32.2. The van der Waals surface area contributed by atoms with Gasteiger partial charge < -0.3 is 9.15 Å². The second-order valence-electron chi connectivity index (χ2n) is 6.35. The number of thioether (sulfide) groups is 1. The molecule has 0 N–H and O–H groups in total. The van der Waals surface area contributed by atoms with Crippen LogP contribution in [0, 0.1) is 6.92 Å². The minimum absolute atomic E-state index is 0.655. The van der Waals surface area contributed by atoms with Crippen molar-refractivity contribution in [3.63, 3.8) is 0 Å². The van der Waals surface area contributed by atoms with Gasteiger partial charge in [-0.1, -0.05) is 24.3 Å². The lowest BCUT2D eigenvalue weighted by atomic mass is 10.2. The molecule has 3 aromatic rings. The Hall–Kier alpha value is -2.24. The first kappa shape index (κ1) is 17.2. The number of benzene rings is 2. The maximum atomic E-state index is 5.95. The molecule has 1 aromatic heterocycles. The Morgan fingerprint density at radius 1 is 1.04 bits per heavy atom. The van der Waals surface area contributed by atoms with E-state index in [-0.39, 0.29) is 0 Å². The fourth-order valence-corrected chi connectivity index (χ4v) is 3.97. The van der Waals surface area contributed by atoms with Crippen molar-refractivity contribution in [1.29, 1.82) is 0 Å². The summed E-state index contributed by atoms with van der Waals surface area (Å²) in [5.41, 5.74) is 1.96. The van der Waals surface area contributed by atoms with Gasteiger partial charge in [0.25, 0.3) is 0 Å². The normalized spacial score (nSPS) is 15.1. The van der Waals surface area contributed by atoms with E-state index >= 15 is 0 Å². The highest BCUT2D eigenvalue weighted by Gasteiger charge is 2.17. The van der Waals surface area contributed by atoms with Gasteiger partial charge in [0.1, 0.15) is 17.3 Å². The Morgan fingerprint density at radius 2 is 1.81 bits per heavy atom. The number of nitrogens with zero attached hydrogens (tertiary/aromatic N) is 2. The highest BCUT2D eigenvalue weighted by molar-refractivity contribution is 7.99. The van der Waals surface area contributed by atoms with Crippen LogP contribution in [-0.2, 0) is 6.54 Å². The monoisotopic (exact) mass is 366 g/mol. The van der Waals surface area contributed by atoms with Gasteiger partial charge in [-0.15, -0.1) is 0 Å². The van der Waals surface area contributed by atoms with Crippen molar-refractivity contribution in [3.8, 4) is 23.0 Å². The summed E-state index contributed by atoms with van der Waals surface area (Å²) in [6.07, 6.45) is 0. The third-order valence-corrected chi connectivity index (χ3v) is 5.37. The molecule has 2 aromatic carbocycles. The molecule has 1 saturated heterocycles. The molecule has 4 nitrogen and oxygen atoms in total. The number of aryl methyl sites for hydroxylation is 1. The van der Waals surface area contributed by atoms with Crippen LogP contribution in [0.15, 0.2) is 59.0 Å². The van der Waals surface area contributed by atoms with Crippen LogP contribution in [0.5, 0.6) is 11.5 Å². The quantitative estimate of drug-likeness (QED) is 0.636. The SMILES string of the molecule is Cc1oc(-c2cccc(Oc3ccccc3)c2)nc1CN1CCSCC1. The zero-order chi connectivity index (χ0) is 17.8. The van der Waals surface area contributed by atoms with Gasteiger partial charge in [0, 0.05) is 36.7 Å². The molecule has 134 valence electrons. The van der Waals surface area contributed by atoms with E-state index in [1.165, 1.54) is 11.5 Å². The standard InChI is InChI=1S/C21H22N2O2S/c1-16-20(15-23-10-12-26-13-11-23)22-21(24-16)17-6-5-9-19(14-17)25-18-7-3-2-4-8-18/h2-9,14H,10-13,15H2,1H3. The lowest BCUT2D eigenvalue weighted by Gasteiger charge is -2.25. The van der Waals surface area contributed by atoms with Crippen molar-refractivity contribution in [3.05, 3.63) is 66.1 Å². The van der Waals surface area contributed by atoms with E-state index in [2.05, 4.69) is 4.90 Å². The van der Waals surface area contributed by atoms with Crippen LogP contribution in [0.2, 0.25) is 0 Å². The average Bonchev–Trinajstić information content (AvgIpc) is 3.04. The van der Waals surface area contributed by atoms with Crippen molar-refractivity contribution in [2.45, 2.75) is 13.5 Å². The molecular formula is C21H22N2O2S. The summed E-state index contributed by atoms with van der Waals surface area (Å²) in [5, 5.41) is 0. The average molecular weight is 366 g/mol. The molecule has 5 heteroatoms. The largest absolute Gasteiger partial charge is 0.457 e. The van der Waals surface area contributed by atoms with Gasteiger partial charge in [-0.05, 0) is 37.3 Å². The van der Waals surface area contributed by atoms with E-state index in [1.807, 2.05) is 73.3 Å². The third-order valence-electron chi connectivity index (χ3n) is 4.43. The van der Waals surface area contributed by atoms with Crippen molar-refractivity contribution < 1.29 is 9.15 Å². The van der Waals surface area contributed by atoms with Crippen molar-refractivity contribution in [2.75, 3.05) is 24.6 Å². The number of hydrogen-bond acceptors (Lipinski definition) is 5. The van der Waals surface area contributed by atoms with Gasteiger partial charge in [-0.2, -0.15) is 11.8 Å². The number of para-hydroxylation sites is 1. The summed E-state index contributed by atoms with van der Waals surface area (Å²) in [7, 11) is 0. The molecule has 0 aliphatic carbocycles. The summed E-state index contributed by atoms with van der Waals surface area (Å²) < 4.78 is 11.9. The van der Waals surface area contributed by atoms with E-state index in [0.717, 1.165) is 48.2 Å². The lowest BCUT2D eigenvalue weighted by Crippen LogP contribution is -2.32. The van der Waals surface area contributed by atoms with Gasteiger partial charge in [0.15, 0.2) is 0 Å². The van der Waals surface area contributed by atoms with E-state index < -0.39 is 0 Å². The molecule has 26 heavy (non-hydrogen) atoms. The Morgan fingerprint density at radius 3 is 2.62 bits per heavy atom. The first-order chi connectivity index (χ1) is 12.8. The summed E-state index contributed by atoms with van der Waals surface area (Å²) in [6, 6.07) is 17.7. The van der Waals surface area contributed by atoms with Crippen LogP contribution < -0.4 is 4.74 Å². The van der Waals surface area contributed by atoms with Crippen LogP contribution in [0.4, 0.5) is 0 Å². The molecule has 1 fully saturated rings. The Balaban J connectivity index is 1.52. The Bertz CT molecular complexity index is 857. The first-order valence-electron chi connectivity index (χ1n) is 8.88. The van der Waals surface area contributed by atoms with Crippen molar-refractivity contribution >= 4 is 11.8 Å². The lowest BCUT2D eigenvalue weighted by molar-refractivity contribution is 0.289. The Kier molecular flexibility index (Phi) is 5.27. The van der Waals surface area contributed by atoms with E-state index in [1.54, 1.807) is 0 Å². The molecule has 0 spiro atoms. The van der Waals surface area contributed by atoms with E-state index in [9.17, 15) is 0 Å². The predicted octanol–water partition coefficient (Wildman–Crippen LogP) is 4.99. The smallest absolute Gasteiger partial charge is 0.226 e. The second-order valence-corrected chi connectivity index (χ2v) is 7.58. The molecule has 1 aliphatic heterocycles. The minimum Gasteiger partial charge on any atom is -0.457 e. The van der Waals surface area contributed by atoms with Gasteiger partial charge >= 0.3 is 0 Å². The highest BCUT2D eigenvalue weighted by Crippen LogP contribution is 2.28. The van der Waals surface area contributed by atoms with Crippen LogP contribution in [-0.4, -0.2) is 34.5 Å². The molecule has 0 atom stereocenters. The topological polar surface area (TPSA) is 38.5 Å². The summed E-state index contributed by atoms with van der Waals surface area (Å²) >= 11 is 2.02. The van der Waals surface area contributed by atoms with Crippen molar-refractivity contribution in [1.82, 2.24) is 9.88 Å². The molecule has 1 aliphatic rings. The Labute approximate surface area is 158 Å². The molecular weight excluding hydrogens is 344 g/mol. The molecule has 0 unspecified atom stereocenters. The van der Waals surface area contributed by atoms with Crippen molar-refractivity contribution in [2.24, 2.45) is 0 Å². The fourth-order valence-electron chi connectivity index (χ4n) is 2.99. The minimum atomic E-state index is 0.655. The molecule has 0 bridgehead atoms. The summed E-state index contributed by atoms with van der Waals surface area (Å²) in [4.78, 5) is 7.20. The first-order valence-corrected chi connectivity index (χ1v) is 10.0. The third kappa shape index (κ3) is 4.11.